The number of nitrogens with one attached hydrogen (secondary N) is 3. The minimum absolute atomic E-state index is 0.0352. The topological polar surface area (TPSA) is 159 Å². The van der Waals surface area contributed by atoms with Crippen molar-refractivity contribution in [1.29, 1.82) is 0 Å². The number of hydrogen-bond acceptors (Lipinski definition) is 9. The Morgan fingerprint density at radius 2 is 1.65 bits per heavy atom. The Bertz CT molecular complexity index is 1440. The highest BCUT2D eigenvalue weighted by Crippen LogP contribution is 2.30. The lowest BCUT2D eigenvalue weighted by molar-refractivity contribution is 0.0802. The van der Waals surface area contributed by atoms with Crippen molar-refractivity contribution in [2.45, 2.75) is 57.2 Å². The monoisotopic (exact) mass is 551 g/mol. The number of sulfonamides is 2. The first-order valence-corrected chi connectivity index (χ1v) is 15.6. The number of rotatable bonds is 9. The molecule has 14 heteroatoms. The van der Waals surface area contributed by atoms with Gasteiger partial charge in [0.2, 0.25) is 26.0 Å². The second kappa shape index (κ2) is 10.3. The number of aliphatic hydroxyl groups is 1. The summed E-state index contributed by atoms with van der Waals surface area (Å²) in [5, 5.41) is 15.9. The van der Waals surface area contributed by atoms with Crippen LogP contribution < -0.4 is 15.0 Å². The molecule has 12 nitrogen and oxygen atoms in total. The van der Waals surface area contributed by atoms with Crippen molar-refractivity contribution in [3.8, 4) is 5.82 Å². The Labute approximate surface area is 217 Å². The van der Waals surface area contributed by atoms with E-state index in [0.29, 0.717) is 37.4 Å². The first kappa shape index (κ1) is 27.4. The molecule has 1 aromatic carbocycles. The van der Waals surface area contributed by atoms with Gasteiger partial charge in [0.15, 0.2) is 0 Å². The van der Waals surface area contributed by atoms with Crippen LogP contribution in [-0.4, -0.2) is 66.2 Å². The lowest BCUT2D eigenvalue weighted by atomic mass is 9.91. The maximum Gasteiger partial charge on any atom is 0.224 e. The summed E-state index contributed by atoms with van der Waals surface area (Å²) in [7, 11) is -7.33. The van der Waals surface area contributed by atoms with Crippen molar-refractivity contribution < 1.29 is 21.9 Å². The number of benzene rings is 1. The van der Waals surface area contributed by atoms with Gasteiger partial charge < -0.3 is 15.0 Å². The summed E-state index contributed by atoms with van der Waals surface area (Å²) in [6.45, 7) is 3.52. The van der Waals surface area contributed by atoms with Gasteiger partial charge in [-0.3, -0.25) is 0 Å². The number of nitrogens with zero attached hydrogens (tertiary/aromatic N) is 4. The molecule has 0 radical (unpaired) electrons. The summed E-state index contributed by atoms with van der Waals surface area (Å²) in [5.41, 5.74) is 0.769. The van der Waals surface area contributed by atoms with Gasteiger partial charge in [0.1, 0.15) is 5.82 Å². The molecule has 1 fully saturated rings. The quantitative estimate of drug-likeness (QED) is 0.290. The molecule has 1 saturated carbocycles. The molecule has 1 aliphatic rings. The number of aromatic nitrogens is 3. The van der Waals surface area contributed by atoms with E-state index in [-0.39, 0.29) is 12.1 Å². The van der Waals surface area contributed by atoms with E-state index in [4.69, 9.17) is 0 Å². The largest absolute Gasteiger partial charge is 0.386 e. The molecule has 0 unspecified atom stereocenters. The van der Waals surface area contributed by atoms with E-state index in [9.17, 15) is 21.9 Å². The summed E-state index contributed by atoms with van der Waals surface area (Å²) in [5.74, 6) is 1.14. The number of fused-ring (bicyclic) bond motifs is 1. The second-order valence-corrected chi connectivity index (χ2v) is 13.4. The van der Waals surface area contributed by atoms with Crippen LogP contribution in [0.4, 0.5) is 5.95 Å². The van der Waals surface area contributed by atoms with Crippen LogP contribution in [0.2, 0.25) is 0 Å². The van der Waals surface area contributed by atoms with Gasteiger partial charge >= 0.3 is 0 Å². The Morgan fingerprint density at radius 3 is 2.24 bits per heavy atom. The van der Waals surface area contributed by atoms with E-state index in [1.54, 1.807) is 20.0 Å². The summed E-state index contributed by atoms with van der Waals surface area (Å²) in [6.07, 6.45) is 7.95. The molecule has 0 aliphatic heterocycles. The second-order valence-electron chi connectivity index (χ2n) is 9.97. The minimum atomic E-state index is -3.66. The maximum absolute atomic E-state index is 11.7. The number of hydrogen-bond donors (Lipinski definition) is 4. The van der Waals surface area contributed by atoms with Crippen molar-refractivity contribution in [1.82, 2.24) is 29.3 Å². The molecule has 4 rings (SSSR count). The smallest absolute Gasteiger partial charge is 0.224 e. The van der Waals surface area contributed by atoms with Crippen molar-refractivity contribution in [3.05, 3.63) is 48.3 Å². The standard InChI is InChI=1S/C23H33N7O5S2/c1-23(2,31)19-6-5-7-20-18(19)13-15-29(20)21-12-14-24-22(26-21)25-16-8-10-17(11-9-16)30(27-36(3,32)33)28-37(4,34)35/h5-7,12-17,27-28,31H,8-11H2,1-4H3,(H,24,25,26). The molecule has 0 spiro atoms. The van der Waals surface area contributed by atoms with Gasteiger partial charge in [0.25, 0.3) is 0 Å². The Hall–Kier alpha value is -2.62. The van der Waals surface area contributed by atoms with Crippen LogP contribution >= 0.6 is 0 Å². The van der Waals surface area contributed by atoms with Gasteiger partial charge in [-0.1, -0.05) is 12.1 Å². The Morgan fingerprint density at radius 1 is 1.00 bits per heavy atom. The Kier molecular flexibility index (Phi) is 7.61. The summed E-state index contributed by atoms with van der Waals surface area (Å²) in [6, 6.07) is 9.25. The van der Waals surface area contributed by atoms with Crippen LogP contribution in [0.15, 0.2) is 42.7 Å². The highest BCUT2D eigenvalue weighted by molar-refractivity contribution is 7.89. The van der Waals surface area contributed by atoms with Crippen molar-refractivity contribution in [2.24, 2.45) is 0 Å². The van der Waals surface area contributed by atoms with Gasteiger partial charge in [-0.15, -0.1) is 14.8 Å². The summed E-state index contributed by atoms with van der Waals surface area (Å²) >= 11 is 0. The molecule has 0 saturated heterocycles. The molecule has 0 atom stereocenters. The van der Waals surface area contributed by atoms with Crippen LogP contribution in [-0.2, 0) is 25.6 Å². The normalized spacial score (nSPS) is 19.4. The fourth-order valence-corrected chi connectivity index (χ4v) is 5.80. The molecule has 2 aromatic heterocycles. The van der Waals surface area contributed by atoms with E-state index >= 15 is 0 Å². The summed E-state index contributed by atoms with van der Waals surface area (Å²) in [4.78, 5) is 13.5. The molecule has 0 bridgehead atoms. The van der Waals surface area contributed by atoms with Crippen LogP contribution in [0.25, 0.3) is 16.7 Å². The predicted octanol–water partition coefficient (Wildman–Crippen LogP) is 1.60. The zero-order valence-corrected chi connectivity index (χ0v) is 22.8. The van der Waals surface area contributed by atoms with E-state index < -0.39 is 25.6 Å². The van der Waals surface area contributed by atoms with Gasteiger partial charge in [-0.25, -0.2) is 21.8 Å². The number of anilines is 1. The lowest BCUT2D eigenvalue weighted by Gasteiger charge is -2.35. The molecular formula is C23H33N7O5S2. The molecule has 37 heavy (non-hydrogen) atoms. The first-order valence-electron chi connectivity index (χ1n) is 11.9. The van der Waals surface area contributed by atoms with Gasteiger partial charge in [-0.2, -0.15) is 4.98 Å². The van der Waals surface area contributed by atoms with Crippen molar-refractivity contribution in [2.75, 3.05) is 17.8 Å². The molecule has 202 valence electrons. The molecule has 2 heterocycles. The number of hydrazine groups is 2. The third kappa shape index (κ3) is 7.03. The van der Waals surface area contributed by atoms with E-state index in [0.717, 1.165) is 34.1 Å². The van der Waals surface area contributed by atoms with E-state index in [2.05, 4.69) is 24.9 Å². The average molecular weight is 552 g/mol. The SMILES string of the molecule is CC(C)(O)c1cccc2c1ccn2-c1ccnc(NC2CCC(N(NS(C)(=O)=O)NS(C)(=O)=O)CC2)n1. The van der Waals surface area contributed by atoms with Crippen LogP contribution in [0.3, 0.4) is 0 Å². The van der Waals surface area contributed by atoms with Crippen LogP contribution in [0, 0.1) is 0 Å². The van der Waals surface area contributed by atoms with Gasteiger partial charge in [0.05, 0.1) is 23.6 Å². The van der Waals surface area contributed by atoms with E-state index in [1.807, 2.05) is 41.1 Å². The van der Waals surface area contributed by atoms with E-state index in [1.165, 1.54) is 0 Å². The molecule has 4 N–H and O–H groups in total. The first-order chi connectivity index (χ1) is 17.2. The Balaban J connectivity index is 1.47. The molecule has 3 aromatic rings. The minimum Gasteiger partial charge on any atom is -0.386 e. The zero-order valence-electron chi connectivity index (χ0n) is 21.2. The fraction of sp³-hybridized carbons (Fsp3) is 0.478. The van der Waals surface area contributed by atoms with Gasteiger partial charge in [0, 0.05) is 29.9 Å². The molecular weight excluding hydrogens is 518 g/mol. The van der Waals surface area contributed by atoms with Crippen molar-refractivity contribution in [3.63, 3.8) is 0 Å². The zero-order chi connectivity index (χ0) is 27.0. The van der Waals surface area contributed by atoms with Crippen LogP contribution in [0.5, 0.6) is 0 Å². The average Bonchev–Trinajstić information content (AvgIpc) is 3.21. The molecule has 1 aliphatic carbocycles. The highest BCUT2D eigenvalue weighted by Gasteiger charge is 2.30. The fourth-order valence-electron chi connectivity index (χ4n) is 4.64. The van der Waals surface area contributed by atoms with Crippen LogP contribution in [0.1, 0.15) is 45.1 Å². The third-order valence-corrected chi connectivity index (χ3v) is 7.26. The predicted molar refractivity (Wildman–Crippen MR) is 142 cm³/mol. The lowest BCUT2D eigenvalue weighted by Crippen LogP contribution is -2.58. The maximum atomic E-state index is 11.7. The third-order valence-electron chi connectivity index (χ3n) is 6.20. The van der Waals surface area contributed by atoms with Crippen molar-refractivity contribution >= 4 is 36.9 Å². The van der Waals surface area contributed by atoms with Gasteiger partial charge in [-0.05, 0) is 63.3 Å². The molecule has 0 amide bonds. The summed E-state index contributed by atoms with van der Waals surface area (Å²) < 4.78 is 48.8. The highest BCUT2D eigenvalue weighted by atomic mass is 32.2.